The molecule has 0 radical (unpaired) electrons. The Morgan fingerprint density at radius 2 is 1.95 bits per heavy atom. The van der Waals surface area contributed by atoms with Gasteiger partial charge in [0.2, 0.25) is 0 Å². The minimum absolute atomic E-state index is 0.273. The number of carbonyl (C=O) groups is 1. The largest absolute Gasteiger partial charge is 0.477 e. The minimum Gasteiger partial charge on any atom is -0.477 e. The van der Waals surface area contributed by atoms with Gasteiger partial charge in [0.15, 0.2) is 0 Å². The Kier molecular flexibility index (Phi) is 3.63. The van der Waals surface area contributed by atoms with E-state index in [0.29, 0.717) is 12.1 Å². The molecule has 2 aromatic heterocycles. The zero-order chi connectivity index (χ0) is 15.5. The molecule has 2 heterocycles. The quantitative estimate of drug-likeness (QED) is 0.752. The van der Waals surface area contributed by atoms with E-state index in [-0.39, 0.29) is 5.69 Å². The van der Waals surface area contributed by atoms with Crippen molar-refractivity contribution in [2.75, 3.05) is 0 Å². The second-order valence-corrected chi connectivity index (χ2v) is 5.01. The molecule has 108 valence electrons. The molecule has 0 amide bonds. The van der Waals surface area contributed by atoms with Gasteiger partial charge in [-0.05, 0) is 42.2 Å². The van der Waals surface area contributed by atoms with Crippen LogP contribution in [0.3, 0.4) is 0 Å². The van der Waals surface area contributed by atoms with Crippen molar-refractivity contribution in [2.45, 2.75) is 12.8 Å². The lowest BCUT2D eigenvalue weighted by molar-refractivity contribution is 0.0687. The number of imidazole rings is 1. The number of aromatic nitrogens is 2. The molecule has 0 aliphatic rings. The molecule has 0 aliphatic heterocycles. The SMILES string of the molecule is C#Cc1ccc(CCc2ccc3nccn3c2C(=O)O)cc1. The Balaban J connectivity index is 1.88. The highest BCUT2D eigenvalue weighted by molar-refractivity contribution is 5.88. The fraction of sp³-hybridized carbons (Fsp3) is 0.111. The smallest absolute Gasteiger partial charge is 0.353 e. The average molecular weight is 290 g/mol. The fourth-order valence-corrected chi connectivity index (χ4v) is 2.52. The number of aromatic carboxylic acids is 1. The Bertz CT molecular complexity index is 870. The minimum atomic E-state index is -0.943. The van der Waals surface area contributed by atoms with E-state index in [4.69, 9.17) is 6.42 Å². The highest BCUT2D eigenvalue weighted by Crippen LogP contribution is 2.16. The first-order chi connectivity index (χ1) is 10.7. The lowest BCUT2D eigenvalue weighted by Gasteiger charge is -2.09. The molecule has 3 aromatic rings. The molecule has 4 nitrogen and oxygen atoms in total. The van der Waals surface area contributed by atoms with Crippen molar-refractivity contribution in [2.24, 2.45) is 0 Å². The lowest BCUT2D eigenvalue weighted by Crippen LogP contribution is -2.10. The van der Waals surface area contributed by atoms with Gasteiger partial charge in [0.1, 0.15) is 11.3 Å². The van der Waals surface area contributed by atoms with Crippen LogP contribution in [0.2, 0.25) is 0 Å². The topological polar surface area (TPSA) is 54.6 Å². The van der Waals surface area contributed by atoms with Crippen LogP contribution in [-0.4, -0.2) is 20.5 Å². The second kappa shape index (κ2) is 5.74. The number of benzene rings is 1. The Morgan fingerprint density at radius 1 is 1.18 bits per heavy atom. The average Bonchev–Trinajstić information content (AvgIpc) is 3.00. The maximum absolute atomic E-state index is 11.6. The van der Waals surface area contributed by atoms with Crippen molar-refractivity contribution >= 4 is 11.6 Å². The van der Waals surface area contributed by atoms with E-state index >= 15 is 0 Å². The predicted octanol–water partition coefficient (Wildman–Crippen LogP) is 2.80. The summed E-state index contributed by atoms with van der Waals surface area (Å²) in [7, 11) is 0. The molecular formula is C18H14N2O2. The number of aryl methyl sites for hydroxylation is 2. The van der Waals surface area contributed by atoms with Gasteiger partial charge in [0, 0.05) is 18.0 Å². The van der Waals surface area contributed by atoms with Gasteiger partial charge in [-0.3, -0.25) is 4.40 Å². The molecule has 0 saturated heterocycles. The van der Waals surface area contributed by atoms with Gasteiger partial charge < -0.3 is 5.11 Å². The van der Waals surface area contributed by atoms with Crippen molar-refractivity contribution in [3.05, 3.63) is 71.2 Å². The van der Waals surface area contributed by atoms with Gasteiger partial charge in [-0.15, -0.1) is 6.42 Å². The van der Waals surface area contributed by atoms with E-state index in [1.165, 1.54) is 0 Å². The van der Waals surface area contributed by atoms with Crippen molar-refractivity contribution < 1.29 is 9.90 Å². The van der Waals surface area contributed by atoms with Gasteiger partial charge in [-0.2, -0.15) is 0 Å². The van der Waals surface area contributed by atoms with Crippen molar-refractivity contribution in [3.63, 3.8) is 0 Å². The van der Waals surface area contributed by atoms with Crippen LogP contribution >= 0.6 is 0 Å². The summed E-state index contributed by atoms with van der Waals surface area (Å²) in [6, 6.07) is 11.4. The summed E-state index contributed by atoms with van der Waals surface area (Å²) in [5, 5.41) is 9.48. The van der Waals surface area contributed by atoms with Crippen LogP contribution in [0.25, 0.3) is 5.65 Å². The molecule has 3 rings (SSSR count). The summed E-state index contributed by atoms with van der Waals surface area (Å²) in [6.45, 7) is 0. The third-order valence-electron chi connectivity index (χ3n) is 3.65. The van der Waals surface area contributed by atoms with E-state index < -0.39 is 5.97 Å². The molecule has 0 spiro atoms. The monoisotopic (exact) mass is 290 g/mol. The van der Waals surface area contributed by atoms with Crippen molar-refractivity contribution in [3.8, 4) is 12.3 Å². The number of hydrogen-bond acceptors (Lipinski definition) is 2. The van der Waals surface area contributed by atoms with Crippen LogP contribution in [0, 0.1) is 12.3 Å². The molecule has 0 saturated carbocycles. The van der Waals surface area contributed by atoms with Gasteiger partial charge >= 0.3 is 5.97 Å². The highest BCUT2D eigenvalue weighted by Gasteiger charge is 2.14. The Labute approximate surface area is 128 Å². The molecule has 0 unspecified atom stereocenters. The summed E-state index contributed by atoms with van der Waals surface area (Å²) in [5.41, 5.74) is 3.67. The first kappa shape index (κ1) is 13.9. The van der Waals surface area contributed by atoms with Crippen molar-refractivity contribution in [1.82, 2.24) is 9.38 Å². The molecule has 0 bridgehead atoms. The lowest BCUT2D eigenvalue weighted by atomic mass is 10.0. The van der Waals surface area contributed by atoms with Crippen LogP contribution in [0.1, 0.15) is 27.2 Å². The maximum atomic E-state index is 11.6. The number of terminal acetylenes is 1. The number of carboxylic acids is 1. The van der Waals surface area contributed by atoms with Crippen LogP contribution in [-0.2, 0) is 12.8 Å². The third-order valence-corrected chi connectivity index (χ3v) is 3.65. The Hall–Kier alpha value is -3.06. The van der Waals surface area contributed by atoms with E-state index in [2.05, 4.69) is 10.9 Å². The highest BCUT2D eigenvalue weighted by atomic mass is 16.4. The summed E-state index contributed by atoms with van der Waals surface area (Å²) >= 11 is 0. The van der Waals surface area contributed by atoms with E-state index in [1.54, 1.807) is 16.8 Å². The van der Waals surface area contributed by atoms with Gasteiger partial charge in [0.05, 0.1) is 0 Å². The summed E-state index contributed by atoms with van der Waals surface area (Å²) in [6.07, 6.45) is 10.0. The number of nitrogens with zero attached hydrogens (tertiary/aromatic N) is 2. The van der Waals surface area contributed by atoms with Crippen LogP contribution in [0.5, 0.6) is 0 Å². The number of carboxylic acid groups (broad SMARTS) is 1. The summed E-state index contributed by atoms with van der Waals surface area (Å²) in [4.78, 5) is 15.7. The fourth-order valence-electron chi connectivity index (χ4n) is 2.52. The zero-order valence-corrected chi connectivity index (χ0v) is 11.9. The molecule has 4 heteroatoms. The van der Waals surface area contributed by atoms with Gasteiger partial charge in [0.25, 0.3) is 0 Å². The van der Waals surface area contributed by atoms with Crippen LogP contribution in [0.4, 0.5) is 0 Å². The molecular weight excluding hydrogens is 276 g/mol. The maximum Gasteiger partial charge on any atom is 0.353 e. The predicted molar refractivity (Wildman–Crippen MR) is 83.9 cm³/mol. The van der Waals surface area contributed by atoms with Gasteiger partial charge in [-0.1, -0.05) is 24.1 Å². The first-order valence-electron chi connectivity index (χ1n) is 6.93. The molecule has 1 N–H and O–H groups in total. The Morgan fingerprint density at radius 3 is 2.64 bits per heavy atom. The number of fused-ring (bicyclic) bond motifs is 1. The zero-order valence-electron chi connectivity index (χ0n) is 11.9. The van der Waals surface area contributed by atoms with Crippen LogP contribution in [0.15, 0.2) is 48.8 Å². The normalized spacial score (nSPS) is 10.5. The number of rotatable bonds is 4. The molecule has 22 heavy (non-hydrogen) atoms. The second-order valence-electron chi connectivity index (χ2n) is 5.01. The van der Waals surface area contributed by atoms with Crippen LogP contribution < -0.4 is 0 Å². The molecule has 1 aromatic carbocycles. The third kappa shape index (κ3) is 2.57. The molecule has 0 atom stereocenters. The van der Waals surface area contributed by atoms with Gasteiger partial charge in [-0.25, -0.2) is 9.78 Å². The van der Waals surface area contributed by atoms with E-state index in [9.17, 15) is 9.90 Å². The molecule has 0 aliphatic carbocycles. The van der Waals surface area contributed by atoms with E-state index in [1.807, 2.05) is 36.4 Å². The molecule has 0 fully saturated rings. The van der Waals surface area contributed by atoms with Crippen molar-refractivity contribution in [1.29, 1.82) is 0 Å². The van der Waals surface area contributed by atoms with E-state index in [0.717, 1.165) is 23.1 Å². The summed E-state index contributed by atoms with van der Waals surface area (Å²) < 4.78 is 1.61. The standard InChI is InChI=1S/C18H14N2O2/c1-2-13-3-5-14(6-4-13)7-8-15-9-10-16-19-11-12-20(16)17(15)18(21)22/h1,3-6,9-12H,7-8H2,(H,21,22). The first-order valence-corrected chi connectivity index (χ1v) is 6.93. The summed E-state index contributed by atoms with van der Waals surface area (Å²) in [5.74, 6) is 1.64. The number of pyridine rings is 1. The number of hydrogen-bond donors (Lipinski definition) is 1.